The largest absolute Gasteiger partial charge is 0.367 e. The molecule has 4 nitrogen and oxygen atoms in total. The number of hydrogen-bond acceptors (Lipinski definition) is 4. The van der Waals surface area contributed by atoms with E-state index in [1.165, 1.54) is 50.7 Å². The fourth-order valence-corrected chi connectivity index (χ4v) is 3.21. The van der Waals surface area contributed by atoms with Crippen molar-refractivity contribution in [2.24, 2.45) is 0 Å². The van der Waals surface area contributed by atoms with Crippen LogP contribution in [0.25, 0.3) is 0 Å². The van der Waals surface area contributed by atoms with Crippen molar-refractivity contribution in [1.82, 2.24) is 9.97 Å². The number of aryl methyl sites for hydroxylation is 1. The summed E-state index contributed by atoms with van der Waals surface area (Å²) in [5.74, 6) is 0.863. The highest BCUT2D eigenvalue weighted by Crippen LogP contribution is 2.24. The number of benzene rings is 1. The van der Waals surface area contributed by atoms with Crippen LogP contribution in [0, 0.1) is 12.7 Å². The highest BCUT2D eigenvalue weighted by molar-refractivity contribution is 6.31. The van der Waals surface area contributed by atoms with Crippen LogP contribution < -0.4 is 10.6 Å². The second-order valence-electron chi connectivity index (χ2n) is 6.30. The summed E-state index contributed by atoms with van der Waals surface area (Å²) < 4.78 is 13.3. The normalized spacial score (nSPS) is 15.8. The van der Waals surface area contributed by atoms with Crippen molar-refractivity contribution in [3.05, 3.63) is 40.8 Å². The van der Waals surface area contributed by atoms with Gasteiger partial charge in [0, 0.05) is 23.5 Å². The molecule has 0 saturated heterocycles. The number of nitrogens with zero attached hydrogens (tertiary/aromatic N) is 2. The number of aromatic nitrogens is 2. The van der Waals surface area contributed by atoms with Gasteiger partial charge >= 0.3 is 0 Å². The zero-order chi connectivity index (χ0) is 16.9. The zero-order valence-electron chi connectivity index (χ0n) is 13.8. The van der Waals surface area contributed by atoms with E-state index >= 15 is 0 Å². The van der Waals surface area contributed by atoms with E-state index in [2.05, 4.69) is 20.6 Å². The average molecular weight is 349 g/mol. The molecule has 0 bridgehead atoms. The Hall–Kier alpha value is -1.88. The summed E-state index contributed by atoms with van der Waals surface area (Å²) in [6, 6.07) is 6.89. The van der Waals surface area contributed by atoms with Crippen molar-refractivity contribution >= 4 is 29.1 Å². The first kappa shape index (κ1) is 17.0. The first-order chi connectivity index (χ1) is 11.6. The van der Waals surface area contributed by atoms with E-state index in [4.69, 9.17) is 11.6 Å². The van der Waals surface area contributed by atoms with Crippen LogP contribution in [0.3, 0.4) is 0 Å². The molecule has 3 rings (SSSR count). The van der Waals surface area contributed by atoms with Crippen molar-refractivity contribution in [3.63, 3.8) is 0 Å². The van der Waals surface area contributed by atoms with Crippen LogP contribution in [-0.2, 0) is 0 Å². The summed E-state index contributed by atoms with van der Waals surface area (Å²) in [4.78, 5) is 8.93. The molecule has 2 aromatic rings. The predicted octanol–water partition coefficient (Wildman–Crippen LogP) is 5.46. The Morgan fingerprint density at radius 3 is 2.54 bits per heavy atom. The summed E-state index contributed by atoms with van der Waals surface area (Å²) in [7, 11) is 0. The maximum absolute atomic E-state index is 13.3. The van der Waals surface area contributed by atoms with Crippen molar-refractivity contribution < 1.29 is 4.39 Å². The molecular weight excluding hydrogens is 327 g/mol. The number of anilines is 3. The van der Waals surface area contributed by atoms with Gasteiger partial charge in [-0.1, -0.05) is 37.3 Å². The molecule has 0 aliphatic heterocycles. The van der Waals surface area contributed by atoms with E-state index in [1.807, 2.05) is 13.0 Å². The van der Waals surface area contributed by atoms with Crippen molar-refractivity contribution in [2.45, 2.75) is 51.5 Å². The Balaban J connectivity index is 1.74. The molecule has 0 amide bonds. The van der Waals surface area contributed by atoms with Crippen molar-refractivity contribution in [3.8, 4) is 0 Å². The van der Waals surface area contributed by atoms with Crippen LogP contribution in [0.1, 0.15) is 44.2 Å². The van der Waals surface area contributed by atoms with E-state index < -0.39 is 5.82 Å². The third-order valence-electron chi connectivity index (χ3n) is 4.24. The van der Waals surface area contributed by atoms with Gasteiger partial charge in [-0.05, 0) is 38.0 Å². The molecule has 1 aliphatic carbocycles. The molecule has 1 fully saturated rings. The second-order valence-corrected chi connectivity index (χ2v) is 6.71. The van der Waals surface area contributed by atoms with Gasteiger partial charge in [0.2, 0.25) is 5.95 Å². The summed E-state index contributed by atoms with van der Waals surface area (Å²) in [5, 5.41) is 6.69. The lowest BCUT2D eigenvalue weighted by atomic mass is 10.1. The monoisotopic (exact) mass is 348 g/mol. The first-order valence-corrected chi connectivity index (χ1v) is 8.82. The Bertz CT molecular complexity index is 699. The first-order valence-electron chi connectivity index (χ1n) is 8.44. The minimum atomic E-state index is -0.442. The lowest BCUT2D eigenvalue weighted by Crippen LogP contribution is -2.19. The van der Waals surface area contributed by atoms with Crippen LogP contribution in [0.4, 0.5) is 21.8 Å². The molecule has 1 aromatic carbocycles. The Labute approximate surface area is 146 Å². The molecule has 1 heterocycles. The molecule has 1 saturated carbocycles. The van der Waals surface area contributed by atoms with Gasteiger partial charge in [0.1, 0.15) is 11.6 Å². The van der Waals surface area contributed by atoms with Gasteiger partial charge in [0.15, 0.2) is 0 Å². The summed E-state index contributed by atoms with van der Waals surface area (Å²) in [6.07, 6.45) is 7.53. The third-order valence-corrected chi connectivity index (χ3v) is 4.53. The van der Waals surface area contributed by atoms with Gasteiger partial charge in [-0.15, -0.1) is 0 Å². The van der Waals surface area contributed by atoms with Gasteiger partial charge in [0.05, 0.1) is 5.02 Å². The van der Waals surface area contributed by atoms with Gasteiger partial charge in [0.25, 0.3) is 0 Å². The number of rotatable bonds is 4. The Morgan fingerprint density at radius 1 is 1.08 bits per heavy atom. The Morgan fingerprint density at radius 2 is 1.83 bits per heavy atom. The summed E-state index contributed by atoms with van der Waals surface area (Å²) in [6.45, 7) is 1.93. The highest BCUT2D eigenvalue weighted by Gasteiger charge is 2.13. The average Bonchev–Trinajstić information content (AvgIpc) is 2.79. The molecule has 0 radical (unpaired) electrons. The number of halogens is 2. The lowest BCUT2D eigenvalue weighted by Gasteiger charge is -2.18. The van der Waals surface area contributed by atoms with Crippen molar-refractivity contribution in [1.29, 1.82) is 0 Å². The topological polar surface area (TPSA) is 49.8 Å². The molecular formula is C18H22ClFN4. The fourth-order valence-electron chi connectivity index (χ4n) is 3.03. The molecule has 0 atom stereocenters. The lowest BCUT2D eigenvalue weighted by molar-refractivity contribution is 0.617. The van der Waals surface area contributed by atoms with Crippen molar-refractivity contribution in [2.75, 3.05) is 10.6 Å². The zero-order valence-corrected chi connectivity index (χ0v) is 14.5. The molecule has 0 spiro atoms. The van der Waals surface area contributed by atoms with Gasteiger partial charge in [-0.3, -0.25) is 0 Å². The van der Waals surface area contributed by atoms with E-state index in [9.17, 15) is 4.39 Å². The standard InChI is InChI=1S/C18H22ClFN4/c1-12-10-17(22-13-6-4-2-3-5-7-13)24-18(21-12)23-14-8-9-16(20)15(19)11-14/h8-11,13H,2-7H2,1H3,(H2,21,22,23,24). The van der Waals surface area contributed by atoms with E-state index in [0.29, 0.717) is 17.7 Å². The van der Waals surface area contributed by atoms with Gasteiger partial charge in [-0.2, -0.15) is 4.98 Å². The van der Waals surface area contributed by atoms with Crippen LogP contribution in [-0.4, -0.2) is 16.0 Å². The quantitative estimate of drug-likeness (QED) is 0.721. The smallest absolute Gasteiger partial charge is 0.229 e. The molecule has 1 aliphatic rings. The molecule has 128 valence electrons. The summed E-state index contributed by atoms with van der Waals surface area (Å²) >= 11 is 5.82. The molecule has 0 unspecified atom stereocenters. The van der Waals surface area contributed by atoms with Gasteiger partial charge < -0.3 is 10.6 Å². The Kier molecular flexibility index (Phi) is 5.51. The van der Waals surface area contributed by atoms with Crippen LogP contribution in [0.2, 0.25) is 5.02 Å². The van der Waals surface area contributed by atoms with E-state index in [0.717, 1.165) is 11.5 Å². The minimum Gasteiger partial charge on any atom is -0.367 e. The van der Waals surface area contributed by atoms with Crippen LogP contribution >= 0.6 is 11.6 Å². The highest BCUT2D eigenvalue weighted by atomic mass is 35.5. The van der Waals surface area contributed by atoms with Crippen LogP contribution in [0.15, 0.2) is 24.3 Å². The summed E-state index contributed by atoms with van der Waals surface area (Å²) in [5.41, 5.74) is 1.53. The minimum absolute atomic E-state index is 0.0736. The van der Waals surface area contributed by atoms with E-state index in [1.54, 1.807) is 6.07 Å². The molecule has 1 aromatic heterocycles. The third kappa shape index (κ3) is 4.57. The van der Waals surface area contributed by atoms with Gasteiger partial charge in [-0.25, -0.2) is 9.37 Å². The molecule has 24 heavy (non-hydrogen) atoms. The number of hydrogen-bond donors (Lipinski definition) is 2. The fraction of sp³-hybridized carbons (Fsp3) is 0.444. The SMILES string of the molecule is Cc1cc(NC2CCCCCC2)nc(Nc2ccc(F)c(Cl)c2)n1. The van der Waals surface area contributed by atoms with E-state index in [-0.39, 0.29) is 5.02 Å². The predicted molar refractivity (Wildman–Crippen MR) is 96.6 cm³/mol. The number of nitrogens with one attached hydrogen (secondary N) is 2. The maximum Gasteiger partial charge on any atom is 0.229 e. The second kappa shape index (κ2) is 7.79. The molecule has 6 heteroatoms. The maximum atomic E-state index is 13.3. The van der Waals surface area contributed by atoms with Crippen LogP contribution in [0.5, 0.6) is 0 Å². The molecule has 2 N–H and O–H groups in total.